The number of aromatic amines is 1. The molecule has 0 amide bonds. The number of aliphatic hydroxyl groups is 1. The van der Waals surface area contributed by atoms with Crippen LogP contribution < -0.4 is 21.9 Å². The van der Waals surface area contributed by atoms with E-state index in [0.29, 0.717) is 42.8 Å². The Kier molecular flexibility index (Phi) is 10.0. The molecule has 198 valence electrons. The zero-order valence-corrected chi connectivity index (χ0v) is 21.8. The zero-order valence-electron chi connectivity index (χ0n) is 21.8. The Balaban J connectivity index is 1.45. The summed E-state index contributed by atoms with van der Waals surface area (Å²) in [6.07, 6.45) is 5.98. The third-order valence-electron chi connectivity index (χ3n) is 5.73. The van der Waals surface area contributed by atoms with E-state index in [1.54, 1.807) is 12.1 Å². The van der Waals surface area contributed by atoms with E-state index in [9.17, 15) is 15.0 Å². The normalized spacial score (nSPS) is 13.4. The van der Waals surface area contributed by atoms with E-state index < -0.39 is 6.10 Å². The Hall–Kier alpha value is -3.43. The number of pyridine rings is 1. The standard InChI is InChI=1S/C29H38N4O4/c1-4-21(6-5-17-37-19-29(2,3)30)32-22-9-7-20(8-10-22)15-16-31-18-26(35)23-11-13-25(34)28-24(23)12-14-27(36)33-28/h4-14,26,31-32,34-35H,15-19,30H2,1-3H3,(H,33,36)/b6-5-,21-4+. The van der Waals surface area contributed by atoms with Gasteiger partial charge in [0.2, 0.25) is 5.56 Å². The van der Waals surface area contributed by atoms with Crippen molar-refractivity contribution < 1.29 is 14.9 Å². The highest BCUT2D eigenvalue weighted by Crippen LogP contribution is 2.28. The molecule has 2 aromatic carbocycles. The van der Waals surface area contributed by atoms with Crippen molar-refractivity contribution >= 4 is 16.6 Å². The molecule has 0 radical (unpaired) electrons. The molecule has 0 saturated carbocycles. The molecule has 0 fully saturated rings. The average molecular weight is 507 g/mol. The van der Waals surface area contributed by atoms with Crippen molar-refractivity contribution in [2.75, 3.05) is 31.6 Å². The van der Waals surface area contributed by atoms with Crippen molar-refractivity contribution in [3.05, 3.63) is 93.9 Å². The first kappa shape index (κ1) is 28.1. The van der Waals surface area contributed by atoms with Gasteiger partial charge >= 0.3 is 0 Å². The van der Waals surface area contributed by atoms with E-state index in [4.69, 9.17) is 10.5 Å². The minimum Gasteiger partial charge on any atom is -0.506 e. The fraction of sp³-hybridized carbons (Fsp3) is 0.345. The maximum Gasteiger partial charge on any atom is 0.248 e. The number of ether oxygens (including phenoxy) is 1. The molecule has 1 heterocycles. The van der Waals surface area contributed by atoms with Gasteiger partial charge in [0.15, 0.2) is 0 Å². The first-order chi connectivity index (χ1) is 17.7. The molecule has 8 nitrogen and oxygen atoms in total. The highest BCUT2D eigenvalue weighted by Gasteiger charge is 2.14. The molecule has 3 rings (SSSR count). The summed E-state index contributed by atoms with van der Waals surface area (Å²) in [4.78, 5) is 14.2. The van der Waals surface area contributed by atoms with Gasteiger partial charge in [-0.15, -0.1) is 0 Å². The number of nitrogens with one attached hydrogen (secondary N) is 3. The number of benzene rings is 2. The Bertz CT molecular complexity index is 1270. The number of phenols is 1. The summed E-state index contributed by atoms with van der Waals surface area (Å²) in [5.74, 6) is -0.0206. The number of H-pyrrole nitrogens is 1. The van der Waals surface area contributed by atoms with Crippen LogP contribution in [0.1, 0.15) is 38.0 Å². The molecule has 0 saturated heterocycles. The number of hydrogen-bond donors (Lipinski definition) is 6. The van der Waals surface area contributed by atoms with Crippen molar-refractivity contribution in [1.82, 2.24) is 10.3 Å². The number of phenolic OH excluding ortho intramolecular Hbond substituents is 1. The van der Waals surface area contributed by atoms with Crippen LogP contribution in [0.15, 0.2) is 77.3 Å². The lowest BCUT2D eigenvalue weighted by Gasteiger charge is -2.17. The molecule has 1 atom stereocenters. The van der Waals surface area contributed by atoms with Crippen molar-refractivity contribution in [2.24, 2.45) is 5.73 Å². The van der Waals surface area contributed by atoms with Crippen LogP contribution in [-0.2, 0) is 11.2 Å². The smallest absolute Gasteiger partial charge is 0.248 e. The number of rotatable bonds is 13. The molecular formula is C29H38N4O4. The lowest BCUT2D eigenvalue weighted by Crippen LogP contribution is -2.37. The van der Waals surface area contributed by atoms with E-state index in [-0.39, 0.29) is 16.8 Å². The Morgan fingerprint density at radius 1 is 1.16 bits per heavy atom. The Labute approximate surface area is 217 Å². The zero-order chi connectivity index (χ0) is 26.8. The molecule has 7 N–H and O–H groups in total. The molecule has 0 aliphatic heterocycles. The van der Waals surface area contributed by atoms with Gasteiger partial charge in [0.05, 0.1) is 24.8 Å². The van der Waals surface area contributed by atoms with Crippen LogP contribution in [-0.4, -0.2) is 47.0 Å². The summed E-state index contributed by atoms with van der Waals surface area (Å²) in [6, 6.07) is 14.4. The van der Waals surface area contributed by atoms with Crippen LogP contribution in [0.4, 0.5) is 5.69 Å². The number of aromatic nitrogens is 1. The number of anilines is 1. The van der Waals surface area contributed by atoms with E-state index in [1.807, 2.05) is 51.1 Å². The third-order valence-corrected chi connectivity index (χ3v) is 5.73. The molecule has 8 heteroatoms. The highest BCUT2D eigenvalue weighted by atomic mass is 16.5. The molecular weight excluding hydrogens is 468 g/mol. The molecule has 0 bridgehead atoms. The molecule has 37 heavy (non-hydrogen) atoms. The minimum atomic E-state index is -0.778. The number of aliphatic hydroxyl groups excluding tert-OH is 1. The number of allylic oxidation sites excluding steroid dienone is 2. The van der Waals surface area contributed by atoms with Crippen molar-refractivity contribution in [3.63, 3.8) is 0 Å². The molecule has 1 aromatic heterocycles. The number of nitrogens with two attached hydrogens (primary N) is 1. The maximum atomic E-state index is 11.6. The largest absolute Gasteiger partial charge is 0.506 e. The lowest BCUT2D eigenvalue weighted by molar-refractivity contribution is 0.120. The number of fused-ring (bicyclic) bond motifs is 1. The predicted octanol–water partition coefficient (Wildman–Crippen LogP) is 3.73. The summed E-state index contributed by atoms with van der Waals surface area (Å²) >= 11 is 0. The topological polar surface area (TPSA) is 133 Å². The van der Waals surface area contributed by atoms with Crippen molar-refractivity contribution in [1.29, 1.82) is 0 Å². The number of hydrogen-bond acceptors (Lipinski definition) is 7. The second-order valence-corrected chi connectivity index (χ2v) is 9.73. The van der Waals surface area contributed by atoms with E-state index in [2.05, 4.69) is 27.8 Å². The predicted molar refractivity (Wildman–Crippen MR) is 150 cm³/mol. The Morgan fingerprint density at radius 3 is 2.62 bits per heavy atom. The van der Waals surface area contributed by atoms with Gasteiger partial charge in [-0.2, -0.15) is 0 Å². The van der Waals surface area contributed by atoms with Gasteiger partial charge in [-0.3, -0.25) is 4.79 Å². The highest BCUT2D eigenvalue weighted by molar-refractivity contribution is 5.87. The van der Waals surface area contributed by atoms with E-state index >= 15 is 0 Å². The average Bonchev–Trinajstić information content (AvgIpc) is 2.86. The minimum absolute atomic E-state index is 0.0206. The van der Waals surface area contributed by atoms with Crippen LogP contribution in [0, 0.1) is 0 Å². The summed E-state index contributed by atoms with van der Waals surface area (Å²) in [6.45, 7) is 7.89. The van der Waals surface area contributed by atoms with Crippen LogP contribution in [0.3, 0.4) is 0 Å². The summed E-state index contributed by atoms with van der Waals surface area (Å²) < 4.78 is 5.56. The van der Waals surface area contributed by atoms with Gasteiger partial charge in [0, 0.05) is 34.9 Å². The second-order valence-electron chi connectivity index (χ2n) is 9.73. The van der Waals surface area contributed by atoms with Gasteiger partial charge in [-0.25, -0.2) is 0 Å². The molecule has 3 aromatic rings. The van der Waals surface area contributed by atoms with Crippen LogP contribution >= 0.6 is 0 Å². The monoisotopic (exact) mass is 506 g/mol. The van der Waals surface area contributed by atoms with Crippen molar-refractivity contribution in [3.8, 4) is 5.75 Å². The van der Waals surface area contributed by atoms with Crippen molar-refractivity contribution in [2.45, 2.75) is 38.8 Å². The Morgan fingerprint density at radius 2 is 1.92 bits per heavy atom. The van der Waals surface area contributed by atoms with Gasteiger partial charge in [-0.1, -0.05) is 30.4 Å². The third kappa shape index (κ3) is 8.87. The molecule has 0 spiro atoms. The molecule has 1 unspecified atom stereocenters. The van der Waals surface area contributed by atoms with Gasteiger partial charge in [0.25, 0.3) is 0 Å². The first-order valence-corrected chi connectivity index (χ1v) is 12.5. The van der Waals surface area contributed by atoms with Gasteiger partial charge < -0.3 is 36.3 Å². The SMILES string of the molecule is C/C=C(\C=C/COCC(C)(C)N)Nc1ccc(CCNCC(O)c2ccc(O)c3[nH]c(=O)ccc23)cc1. The number of aromatic hydroxyl groups is 1. The van der Waals surface area contributed by atoms with Crippen LogP contribution in [0.25, 0.3) is 10.9 Å². The fourth-order valence-corrected chi connectivity index (χ4v) is 3.83. The van der Waals surface area contributed by atoms with Crippen LogP contribution in [0.2, 0.25) is 0 Å². The van der Waals surface area contributed by atoms with E-state index in [1.165, 1.54) is 17.7 Å². The van der Waals surface area contributed by atoms with E-state index in [0.717, 1.165) is 17.8 Å². The maximum absolute atomic E-state index is 11.6. The van der Waals surface area contributed by atoms with Gasteiger partial charge in [0.1, 0.15) is 5.75 Å². The first-order valence-electron chi connectivity index (χ1n) is 12.5. The fourth-order valence-electron chi connectivity index (χ4n) is 3.83. The summed E-state index contributed by atoms with van der Waals surface area (Å²) in [5.41, 5.74) is 9.40. The summed E-state index contributed by atoms with van der Waals surface area (Å²) in [5, 5.41) is 28.0. The molecule has 0 aliphatic rings. The lowest BCUT2D eigenvalue weighted by atomic mass is 10.0. The quantitative estimate of drug-likeness (QED) is 0.154. The second kappa shape index (κ2) is 13.2. The van der Waals surface area contributed by atoms with Gasteiger partial charge in [-0.05, 0) is 75.2 Å². The molecule has 0 aliphatic carbocycles. The van der Waals surface area contributed by atoms with Crippen LogP contribution in [0.5, 0.6) is 5.75 Å². The summed E-state index contributed by atoms with van der Waals surface area (Å²) in [7, 11) is 0.